The van der Waals surface area contributed by atoms with E-state index < -0.39 is 12.0 Å². The predicted molar refractivity (Wildman–Crippen MR) is 87.0 cm³/mol. The van der Waals surface area contributed by atoms with Crippen LogP contribution in [-0.4, -0.2) is 16.1 Å². The summed E-state index contributed by atoms with van der Waals surface area (Å²) >= 11 is 0. The Balaban J connectivity index is 2.23. The van der Waals surface area contributed by atoms with Gasteiger partial charge >= 0.3 is 0 Å². The van der Waals surface area contributed by atoms with Crippen LogP contribution >= 0.6 is 0 Å². The minimum atomic E-state index is -1.23. The highest BCUT2D eigenvalue weighted by Crippen LogP contribution is 2.31. The van der Waals surface area contributed by atoms with Crippen molar-refractivity contribution in [3.8, 4) is 5.75 Å². The van der Waals surface area contributed by atoms with E-state index in [9.17, 15) is 15.0 Å². The van der Waals surface area contributed by atoms with Crippen LogP contribution in [0.5, 0.6) is 5.75 Å². The number of anilines is 1. The molecule has 2 aromatic carbocycles. The number of carbonyl (C=O) groups excluding carboxylic acids is 1. The second-order valence-electron chi connectivity index (χ2n) is 5.68. The maximum Gasteiger partial charge on any atom is 0.257 e. The Morgan fingerprint density at radius 3 is 2.36 bits per heavy atom. The van der Waals surface area contributed by atoms with Crippen molar-refractivity contribution in [1.82, 2.24) is 0 Å². The third kappa shape index (κ3) is 3.46. The number of hydrogen-bond acceptors (Lipinski definition) is 3. The quantitative estimate of drug-likeness (QED) is 0.757. The van der Waals surface area contributed by atoms with E-state index in [1.165, 1.54) is 0 Å². The Hall–Kier alpha value is -2.33. The lowest BCUT2D eigenvalue weighted by atomic mass is 9.99. The minimum Gasteiger partial charge on any atom is -0.508 e. The number of benzene rings is 2. The molecule has 1 amide bonds. The standard InChI is InChI=1S/C18H21NO3/c1-11(2)14-10-15(12(3)9-16(14)20)19-18(22)17(21)13-7-5-4-6-8-13/h4-11,17,20-21H,1-3H3,(H,19,22). The first-order valence-electron chi connectivity index (χ1n) is 7.27. The Morgan fingerprint density at radius 2 is 1.77 bits per heavy atom. The molecule has 0 aromatic heterocycles. The number of amides is 1. The van der Waals surface area contributed by atoms with Crippen LogP contribution in [0.2, 0.25) is 0 Å². The number of rotatable bonds is 4. The number of aliphatic hydroxyl groups is 1. The number of aromatic hydroxyl groups is 1. The molecule has 0 saturated carbocycles. The molecule has 0 aliphatic carbocycles. The molecule has 22 heavy (non-hydrogen) atoms. The minimum absolute atomic E-state index is 0.135. The van der Waals surface area contributed by atoms with Crippen molar-refractivity contribution in [2.24, 2.45) is 0 Å². The molecule has 0 spiro atoms. The predicted octanol–water partition coefficient (Wildman–Crippen LogP) is 3.50. The summed E-state index contributed by atoms with van der Waals surface area (Å²) in [6.45, 7) is 5.73. The Morgan fingerprint density at radius 1 is 1.14 bits per heavy atom. The molecule has 2 rings (SSSR count). The zero-order valence-electron chi connectivity index (χ0n) is 13.0. The highest BCUT2D eigenvalue weighted by Gasteiger charge is 2.19. The summed E-state index contributed by atoms with van der Waals surface area (Å²) in [5, 5.41) is 22.8. The van der Waals surface area contributed by atoms with Crippen LogP contribution < -0.4 is 5.32 Å². The van der Waals surface area contributed by atoms with Crippen molar-refractivity contribution in [3.05, 3.63) is 59.2 Å². The summed E-state index contributed by atoms with van der Waals surface area (Å²) in [7, 11) is 0. The van der Waals surface area contributed by atoms with Crippen LogP contribution in [-0.2, 0) is 4.79 Å². The number of phenolic OH excluding ortho intramolecular Hbond substituents is 1. The zero-order chi connectivity index (χ0) is 16.3. The molecule has 1 unspecified atom stereocenters. The van der Waals surface area contributed by atoms with Crippen molar-refractivity contribution in [2.75, 3.05) is 5.32 Å². The first-order chi connectivity index (χ1) is 10.4. The van der Waals surface area contributed by atoms with Crippen LogP contribution in [0.25, 0.3) is 0 Å². The number of aliphatic hydroxyl groups excluding tert-OH is 1. The third-order valence-corrected chi connectivity index (χ3v) is 3.62. The molecule has 0 aliphatic rings. The molecular formula is C18H21NO3. The smallest absolute Gasteiger partial charge is 0.257 e. The summed E-state index contributed by atoms with van der Waals surface area (Å²) in [6.07, 6.45) is -1.23. The number of carbonyl (C=O) groups is 1. The molecule has 4 nitrogen and oxygen atoms in total. The molecule has 1 atom stereocenters. The van der Waals surface area contributed by atoms with E-state index in [-0.39, 0.29) is 11.7 Å². The van der Waals surface area contributed by atoms with Crippen LogP contribution in [0.15, 0.2) is 42.5 Å². The molecule has 116 valence electrons. The average molecular weight is 299 g/mol. The second kappa shape index (κ2) is 6.62. The second-order valence-corrected chi connectivity index (χ2v) is 5.68. The largest absolute Gasteiger partial charge is 0.508 e. The molecule has 0 aliphatic heterocycles. The first-order valence-corrected chi connectivity index (χ1v) is 7.27. The molecule has 2 aromatic rings. The molecular weight excluding hydrogens is 278 g/mol. The van der Waals surface area contributed by atoms with Gasteiger partial charge in [0.1, 0.15) is 5.75 Å². The van der Waals surface area contributed by atoms with Crippen LogP contribution in [0.4, 0.5) is 5.69 Å². The normalized spacial score (nSPS) is 12.2. The molecule has 0 saturated heterocycles. The van der Waals surface area contributed by atoms with Gasteiger partial charge in [-0.15, -0.1) is 0 Å². The van der Waals surface area contributed by atoms with Crippen molar-refractivity contribution in [2.45, 2.75) is 32.8 Å². The van der Waals surface area contributed by atoms with E-state index in [2.05, 4.69) is 5.32 Å². The highest BCUT2D eigenvalue weighted by atomic mass is 16.3. The van der Waals surface area contributed by atoms with Gasteiger partial charge in [-0.1, -0.05) is 44.2 Å². The monoisotopic (exact) mass is 299 g/mol. The molecule has 0 heterocycles. The Labute approximate surface area is 130 Å². The maximum absolute atomic E-state index is 12.2. The molecule has 0 bridgehead atoms. The lowest BCUT2D eigenvalue weighted by Gasteiger charge is -2.16. The topological polar surface area (TPSA) is 69.6 Å². The van der Waals surface area contributed by atoms with Crippen LogP contribution in [0.3, 0.4) is 0 Å². The summed E-state index contributed by atoms with van der Waals surface area (Å²) < 4.78 is 0. The zero-order valence-corrected chi connectivity index (χ0v) is 13.0. The van der Waals surface area contributed by atoms with Gasteiger partial charge in [0.05, 0.1) is 0 Å². The van der Waals surface area contributed by atoms with Crippen molar-refractivity contribution in [3.63, 3.8) is 0 Å². The van der Waals surface area contributed by atoms with Crippen molar-refractivity contribution in [1.29, 1.82) is 0 Å². The number of phenols is 1. The fourth-order valence-electron chi connectivity index (χ4n) is 2.29. The highest BCUT2D eigenvalue weighted by molar-refractivity contribution is 5.95. The van der Waals surface area contributed by atoms with E-state index in [4.69, 9.17) is 0 Å². The summed E-state index contributed by atoms with van der Waals surface area (Å²) in [4.78, 5) is 12.2. The Bertz CT molecular complexity index is 666. The molecule has 0 fully saturated rings. The fourth-order valence-corrected chi connectivity index (χ4v) is 2.29. The van der Waals surface area contributed by atoms with Gasteiger partial charge in [0.25, 0.3) is 5.91 Å². The van der Waals surface area contributed by atoms with E-state index in [1.54, 1.807) is 43.3 Å². The average Bonchev–Trinajstić information content (AvgIpc) is 2.49. The fraction of sp³-hybridized carbons (Fsp3) is 0.278. The van der Waals surface area contributed by atoms with Gasteiger partial charge in [-0.2, -0.15) is 0 Å². The first kappa shape index (κ1) is 16.0. The lowest BCUT2D eigenvalue weighted by Crippen LogP contribution is -2.21. The van der Waals surface area contributed by atoms with Crippen molar-refractivity contribution >= 4 is 11.6 Å². The SMILES string of the molecule is Cc1cc(O)c(C(C)C)cc1NC(=O)C(O)c1ccccc1. The maximum atomic E-state index is 12.2. The van der Waals surface area contributed by atoms with Gasteiger partial charge in [0.2, 0.25) is 0 Å². The van der Waals surface area contributed by atoms with Crippen LogP contribution in [0.1, 0.15) is 42.6 Å². The Kier molecular flexibility index (Phi) is 4.83. The third-order valence-electron chi connectivity index (χ3n) is 3.62. The number of nitrogens with one attached hydrogen (secondary N) is 1. The van der Waals surface area contributed by atoms with Gasteiger partial charge < -0.3 is 15.5 Å². The van der Waals surface area contributed by atoms with Gasteiger partial charge in [0.15, 0.2) is 6.10 Å². The van der Waals surface area contributed by atoms with Gasteiger partial charge in [0, 0.05) is 5.69 Å². The number of aryl methyl sites for hydroxylation is 1. The summed E-state index contributed by atoms with van der Waals surface area (Å²) in [5.74, 6) is -0.140. The lowest BCUT2D eigenvalue weighted by molar-refractivity contribution is -0.124. The van der Waals surface area contributed by atoms with E-state index in [1.807, 2.05) is 19.9 Å². The van der Waals surface area contributed by atoms with E-state index >= 15 is 0 Å². The molecule has 4 heteroatoms. The van der Waals surface area contributed by atoms with Crippen LogP contribution in [0, 0.1) is 6.92 Å². The molecule has 0 radical (unpaired) electrons. The van der Waals surface area contributed by atoms with Gasteiger partial charge in [-0.25, -0.2) is 0 Å². The van der Waals surface area contributed by atoms with E-state index in [0.29, 0.717) is 11.3 Å². The summed E-state index contributed by atoms with van der Waals surface area (Å²) in [5.41, 5.74) is 2.65. The van der Waals surface area contributed by atoms with E-state index in [0.717, 1.165) is 11.1 Å². The summed E-state index contributed by atoms with van der Waals surface area (Å²) in [6, 6.07) is 12.2. The van der Waals surface area contributed by atoms with Crippen molar-refractivity contribution < 1.29 is 15.0 Å². The number of hydrogen-bond donors (Lipinski definition) is 3. The van der Waals surface area contributed by atoms with Gasteiger partial charge in [-0.3, -0.25) is 4.79 Å². The molecule has 3 N–H and O–H groups in total. The van der Waals surface area contributed by atoms with Gasteiger partial charge in [-0.05, 0) is 41.7 Å².